The van der Waals surface area contributed by atoms with Gasteiger partial charge in [0.1, 0.15) is 5.75 Å². The molecule has 1 fully saturated rings. The highest BCUT2D eigenvalue weighted by molar-refractivity contribution is 5.65. The van der Waals surface area contributed by atoms with Crippen LogP contribution in [0.4, 0.5) is 0 Å². The second-order valence-corrected chi connectivity index (χ2v) is 8.92. The van der Waals surface area contributed by atoms with Gasteiger partial charge in [0.2, 0.25) is 0 Å². The van der Waals surface area contributed by atoms with Gasteiger partial charge in [0.05, 0.1) is 35.4 Å². The fourth-order valence-electron chi connectivity index (χ4n) is 3.39. The van der Waals surface area contributed by atoms with Gasteiger partial charge in [0.25, 0.3) is 6.47 Å². The van der Waals surface area contributed by atoms with Crippen LogP contribution in [0.25, 0.3) is 16.9 Å². The van der Waals surface area contributed by atoms with E-state index in [1.165, 1.54) is 12.0 Å². The van der Waals surface area contributed by atoms with Crippen molar-refractivity contribution in [2.24, 2.45) is 0 Å². The number of aromatic nitrogens is 2. The standard InChI is InChI=1S/C25H30N2O2.CH2O2/c1-18-9-5-6-14-23(18)27-24(16-20(26-27)17-28-25(2,3)4)19-10-7-13-22(15-19)29-21-11-8-12-21;2-1-3/h5-7,9-10,13-16,21H,8,11-12,17H2,1-4H3;1H,(H,2,3). The first-order valence-electron chi connectivity index (χ1n) is 10.9. The number of hydrogen-bond donors (Lipinski definition) is 1. The summed E-state index contributed by atoms with van der Waals surface area (Å²) in [4.78, 5) is 8.36. The zero-order chi connectivity index (χ0) is 23.1. The SMILES string of the molecule is Cc1ccccc1-n1nc(COC(C)(C)C)cc1-c1cccc(OC2CCC2)c1.O=CO. The minimum atomic E-state index is -0.250. The molecule has 170 valence electrons. The fourth-order valence-corrected chi connectivity index (χ4v) is 3.39. The van der Waals surface area contributed by atoms with E-state index in [0.717, 1.165) is 41.2 Å². The van der Waals surface area contributed by atoms with Crippen LogP contribution < -0.4 is 4.74 Å². The summed E-state index contributed by atoms with van der Waals surface area (Å²) in [6.45, 7) is 8.53. The molecule has 0 atom stereocenters. The maximum absolute atomic E-state index is 8.36. The van der Waals surface area contributed by atoms with Crippen molar-refractivity contribution in [1.82, 2.24) is 9.78 Å². The molecule has 0 saturated heterocycles. The van der Waals surface area contributed by atoms with Gasteiger partial charge < -0.3 is 14.6 Å². The average molecular weight is 437 g/mol. The highest BCUT2D eigenvalue weighted by Gasteiger charge is 2.20. The van der Waals surface area contributed by atoms with E-state index in [9.17, 15) is 0 Å². The molecular formula is C26H32N2O4. The Bertz CT molecular complexity index is 1030. The highest BCUT2D eigenvalue weighted by atomic mass is 16.5. The average Bonchev–Trinajstić information content (AvgIpc) is 3.14. The molecule has 0 amide bonds. The molecule has 4 rings (SSSR count). The van der Waals surface area contributed by atoms with Crippen LogP contribution >= 0.6 is 0 Å². The van der Waals surface area contributed by atoms with E-state index in [1.54, 1.807) is 0 Å². The molecular weight excluding hydrogens is 404 g/mol. The number of para-hydroxylation sites is 1. The summed E-state index contributed by atoms with van der Waals surface area (Å²) in [5.41, 5.74) is 5.12. The van der Waals surface area contributed by atoms with Gasteiger partial charge in [-0.25, -0.2) is 4.68 Å². The molecule has 0 spiro atoms. The molecule has 1 N–H and O–H groups in total. The summed E-state index contributed by atoms with van der Waals surface area (Å²) in [7, 11) is 0. The molecule has 3 aromatic rings. The summed E-state index contributed by atoms with van der Waals surface area (Å²) < 4.78 is 14.1. The minimum Gasteiger partial charge on any atom is -0.490 e. The molecule has 0 radical (unpaired) electrons. The highest BCUT2D eigenvalue weighted by Crippen LogP contribution is 2.31. The summed E-state index contributed by atoms with van der Waals surface area (Å²) in [5.74, 6) is 0.928. The molecule has 1 heterocycles. The number of ether oxygens (including phenoxy) is 2. The number of benzene rings is 2. The summed E-state index contributed by atoms with van der Waals surface area (Å²) >= 11 is 0. The molecule has 32 heavy (non-hydrogen) atoms. The van der Waals surface area contributed by atoms with Gasteiger partial charge in [-0.2, -0.15) is 5.10 Å². The number of carbonyl (C=O) groups is 1. The second kappa shape index (κ2) is 10.5. The first-order chi connectivity index (χ1) is 15.3. The van der Waals surface area contributed by atoms with Gasteiger partial charge in [0.15, 0.2) is 0 Å². The van der Waals surface area contributed by atoms with Crippen molar-refractivity contribution in [3.05, 3.63) is 65.9 Å². The Balaban J connectivity index is 0.000000913. The largest absolute Gasteiger partial charge is 0.490 e. The summed E-state index contributed by atoms with van der Waals surface area (Å²) in [6.07, 6.45) is 3.93. The third-order valence-electron chi connectivity index (χ3n) is 5.24. The Morgan fingerprint density at radius 3 is 2.47 bits per heavy atom. The van der Waals surface area contributed by atoms with Gasteiger partial charge in [-0.1, -0.05) is 30.3 Å². The lowest BCUT2D eigenvalue weighted by atomic mass is 9.96. The van der Waals surface area contributed by atoms with Crippen LogP contribution in [0.15, 0.2) is 54.6 Å². The van der Waals surface area contributed by atoms with E-state index in [4.69, 9.17) is 24.5 Å². The molecule has 0 bridgehead atoms. The smallest absolute Gasteiger partial charge is 0.290 e. The molecule has 0 unspecified atom stereocenters. The van der Waals surface area contributed by atoms with Crippen molar-refractivity contribution in [3.63, 3.8) is 0 Å². The van der Waals surface area contributed by atoms with Crippen LogP contribution in [0.3, 0.4) is 0 Å². The first-order valence-corrected chi connectivity index (χ1v) is 10.9. The zero-order valence-electron chi connectivity index (χ0n) is 19.2. The Morgan fingerprint density at radius 1 is 1.12 bits per heavy atom. The predicted octanol–water partition coefficient (Wildman–Crippen LogP) is 5.79. The Kier molecular flexibility index (Phi) is 7.70. The third kappa shape index (κ3) is 6.20. The van der Waals surface area contributed by atoms with Crippen molar-refractivity contribution in [2.75, 3.05) is 0 Å². The van der Waals surface area contributed by atoms with Crippen molar-refractivity contribution in [2.45, 2.75) is 65.3 Å². The topological polar surface area (TPSA) is 73.6 Å². The van der Waals surface area contributed by atoms with Crippen molar-refractivity contribution in [3.8, 4) is 22.7 Å². The van der Waals surface area contributed by atoms with Crippen LogP contribution in [0.1, 0.15) is 51.3 Å². The molecule has 2 aromatic carbocycles. The van der Waals surface area contributed by atoms with Crippen LogP contribution in [0.5, 0.6) is 5.75 Å². The normalized spacial score (nSPS) is 13.6. The monoisotopic (exact) mass is 436 g/mol. The van der Waals surface area contributed by atoms with E-state index in [0.29, 0.717) is 12.7 Å². The molecule has 0 aliphatic heterocycles. The Morgan fingerprint density at radius 2 is 1.84 bits per heavy atom. The summed E-state index contributed by atoms with van der Waals surface area (Å²) in [6, 6.07) is 18.8. The fraction of sp³-hybridized carbons (Fsp3) is 0.385. The third-order valence-corrected chi connectivity index (χ3v) is 5.24. The van der Waals surface area contributed by atoms with E-state index in [-0.39, 0.29) is 12.1 Å². The van der Waals surface area contributed by atoms with Gasteiger partial charge in [-0.15, -0.1) is 0 Å². The Hall–Kier alpha value is -3.12. The Labute approximate surface area is 189 Å². The number of carboxylic acid groups (broad SMARTS) is 1. The number of aryl methyl sites for hydroxylation is 1. The first kappa shape index (κ1) is 23.5. The van der Waals surface area contributed by atoms with Gasteiger partial charge >= 0.3 is 0 Å². The minimum absolute atomic E-state index is 0.205. The van der Waals surface area contributed by atoms with Gasteiger partial charge in [-0.3, -0.25) is 4.79 Å². The number of rotatable bonds is 6. The predicted molar refractivity (Wildman–Crippen MR) is 125 cm³/mol. The van der Waals surface area contributed by atoms with Crippen molar-refractivity contribution >= 4 is 6.47 Å². The van der Waals surface area contributed by atoms with E-state index >= 15 is 0 Å². The van der Waals surface area contributed by atoms with Crippen LogP contribution in [-0.2, 0) is 16.1 Å². The molecule has 6 heteroatoms. The molecule has 6 nitrogen and oxygen atoms in total. The lowest BCUT2D eigenvalue weighted by Gasteiger charge is -2.26. The van der Waals surface area contributed by atoms with Crippen molar-refractivity contribution in [1.29, 1.82) is 0 Å². The molecule has 1 aliphatic rings. The maximum atomic E-state index is 8.36. The quantitative estimate of drug-likeness (QED) is 0.495. The van der Waals surface area contributed by atoms with E-state index in [1.807, 2.05) is 10.7 Å². The van der Waals surface area contributed by atoms with Crippen LogP contribution in [0.2, 0.25) is 0 Å². The van der Waals surface area contributed by atoms with E-state index in [2.05, 4.69) is 76.2 Å². The zero-order valence-corrected chi connectivity index (χ0v) is 19.2. The lowest BCUT2D eigenvalue weighted by Crippen LogP contribution is -2.24. The molecule has 1 aliphatic carbocycles. The second-order valence-electron chi connectivity index (χ2n) is 8.92. The molecule has 1 aromatic heterocycles. The lowest BCUT2D eigenvalue weighted by molar-refractivity contribution is -0.122. The van der Waals surface area contributed by atoms with Gasteiger partial charge in [-0.05, 0) is 76.8 Å². The molecule has 1 saturated carbocycles. The van der Waals surface area contributed by atoms with Crippen LogP contribution in [0, 0.1) is 6.92 Å². The maximum Gasteiger partial charge on any atom is 0.290 e. The van der Waals surface area contributed by atoms with Gasteiger partial charge in [0, 0.05) is 5.56 Å². The summed E-state index contributed by atoms with van der Waals surface area (Å²) in [5, 5.41) is 11.8. The van der Waals surface area contributed by atoms with Crippen LogP contribution in [-0.4, -0.2) is 33.1 Å². The van der Waals surface area contributed by atoms with E-state index < -0.39 is 0 Å². The van der Waals surface area contributed by atoms with Crippen molar-refractivity contribution < 1.29 is 19.4 Å². The number of nitrogens with zero attached hydrogens (tertiary/aromatic N) is 2. The number of hydrogen-bond acceptors (Lipinski definition) is 4.